The van der Waals surface area contributed by atoms with Gasteiger partial charge >= 0.3 is 0 Å². The Morgan fingerprint density at radius 3 is 2.16 bits per heavy atom. The molecule has 4 bridgehead atoms. The van der Waals surface area contributed by atoms with Crippen molar-refractivity contribution in [2.45, 2.75) is 58.8 Å². The van der Waals surface area contributed by atoms with Crippen molar-refractivity contribution in [2.75, 3.05) is 13.1 Å². The summed E-state index contributed by atoms with van der Waals surface area (Å²) in [5.41, 5.74) is 0.552. The van der Waals surface area contributed by atoms with Crippen LogP contribution in [0.3, 0.4) is 0 Å². The van der Waals surface area contributed by atoms with E-state index in [-0.39, 0.29) is 5.41 Å². The second-order valence-electron chi connectivity index (χ2n) is 8.66. The summed E-state index contributed by atoms with van der Waals surface area (Å²) in [5.74, 6) is 3.08. The summed E-state index contributed by atoms with van der Waals surface area (Å²) >= 11 is 0. The van der Waals surface area contributed by atoms with Crippen LogP contribution in [0, 0.1) is 28.6 Å². The highest BCUT2D eigenvalue weighted by Crippen LogP contribution is 2.66. The van der Waals surface area contributed by atoms with Crippen molar-refractivity contribution in [2.24, 2.45) is 28.6 Å². The molecule has 0 aromatic rings. The lowest BCUT2D eigenvalue weighted by atomic mass is 9.73. The van der Waals surface area contributed by atoms with Gasteiger partial charge in [0, 0.05) is 13.1 Å². The summed E-state index contributed by atoms with van der Waals surface area (Å²) in [5, 5.41) is 0. The minimum Gasteiger partial charge on any atom is -0.342 e. The fourth-order valence-electron chi connectivity index (χ4n) is 5.78. The number of piperidine rings is 1. The van der Waals surface area contributed by atoms with Crippen molar-refractivity contribution in [1.82, 2.24) is 4.90 Å². The maximum absolute atomic E-state index is 13.1. The van der Waals surface area contributed by atoms with Crippen molar-refractivity contribution >= 4 is 5.91 Å². The summed E-state index contributed by atoms with van der Waals surface area (Å²) in [4.78, 5) is 15.3. The van der Waals surface area contributed by atoms with Crippen LogP contribution in [0.15, 0.2) is 0 Å². The molecule has 4 saturated carbocycles. The molecule has 5 aliphatic rings. The summed E-state index contributed by atoms with van der Waals surface area (Å²) in [7, 11) is 0. The minimum atomic E-state index is 0.106. The molecule has 2 atom stereocenters. The van der Waals surface area contributed by atoms with Crippen LogP contribution >= 0.6 is 0 Å². The Morgan fingerprint density at radius 1 is 1.00 bits per heavy atom. The predicted octanol–water partition coefficient (Wildman–Crippen LogP) is 3.46. The summed E-state index contributed by atoms with van der Waals surface area (Å²) < 4.78 is 0. The van der Waals surface area contributed by atoms with E-state index in [1.165, 1.54) is 44.9 Å². The van der Waals surface area contributed by atoms with Crippen molar-refractivity contribution in [3.05, 3.63) is 0 Å². The average molecular weight is 261 g/mol. The van der Waals surface area contributed by atoms with Crippen molar-refractivity contribution in [3.63, 3.8) is 0 Å². The molecule has 4 aliphatic carbocycles. The Kier molecular flexibility index (Phi) is 2.42. The van der Waals surface area contributed by atoms with Gasteiger partial charge in [0.2, 0.25) is 5.91 Å². The molecule has 1 saturated heterocycles. The van der Waals surface area contributed by atoms with Crippen LogP contribution in [0.1, 0.15) is 58.8 Å². The third-order valence-electron chi connectivity index (χ3n) is 6.82. The Hall–Kier alpha value is -0.530. The van der Waals surface area contributed by atoms with Gasteiger partial charge in [0.1, 0.15) is 0 Å². The van der Waals surface area contributed by atoms with E-state index in [4.69, 9.17) is 0 Å². The summed E-state index contributed by atoms with van der Waals surface area (Å²) in [6, 6.07) is 0. The Balaban J connectivity index is 1.52. The fourth-order valence-corrected chi connectivity index (χ4v) is 5.78. The molecule has 0 N–H and O–H groups in total. The Labute approximate surface area is 116 Å². The number of carbonyl (C=O) groups excluding carboxylic acids is 1. The van der Waals surface area contributed by atoms with E-state index in [1.807, 2.05) is 0 Å². The largest absolute Gasteiger partial charge is 0.342 e. The average Bonchev–Trinajstić information content (AvgIpc) is 2.75. The van der Waals surface area contributed by atoms with E-state index in [0.29, 0.717) is 11.3 Å². The predicted molar refractivity (Wildman–Crippen MR) is 75.6 cm³/mol. The molecule has 19 heavy (non-hydrogen) atoms. The monoisotopic (exact) mass is 261 g/mol. The fraction of sp³-hybridized carbons (Fsp3) is 0.941. The van der Waals surface area contributed by atoms with Gasteiger partial charge in [-0.05, 0) is 68.1 Å². The van der Waals surface area contributed by atoms with E-state index < -0.39 is 0 Å². The lowest BCUT2D eigenvalue weighted by molar-refractivity contribution is -0.146. The van der Waals surface area contributed by atoms with Crippen LogP contribution < -0.4 is 0 Å². The van der Waals surface area contributed by atoms with Gasteiger partial charge in [-0.2, -0.15) is 0 Å². The highest BCUT2D eigenvalue weighted by atomic mass is 16.2. The lowest BCUT2D eigenvalue weighted by Gasteiger charge is -2.42. The molecule has 0 aromatic carbocycles. The van der Waals surface area contributed by atoms with Crippen LogP contribution in [0.5, 0.6) is 0 Å². The van der Waals surface area contributed by atoms with Gasteiger partial charge in [0.05, 0.1) is 5.41 Å². The van der Waals surface area contributed by atoms with Crippen molar-refractivity contribution in [3.8, 4) is 0 Å². The number of likely N-dealkylation sites (tertiary alicyclic amines) is 1. The Bertz CT molecular complexity index is 389. The number of hydrogen-bond acceptors (Lipinski definition) is 1. The van der Waals surface area contributed by atoms with Gasteiger partial charge < -0.3 is 4.90 Å². The third kappa shape index (κ3) is 1.71. The normalized spacial score (nSPS) is 46.8. The number of nitrogens with zero attached hydrogens (tertiary/aromatic N) is 1. The molecule has 1 heterocycles. The SMILES string of the molecule is CC1(C)CCN(C(=O)C23CC4CC(CC2C4)C3)CC1. The molecule has 5 fully saturated rings. The maximum Gasteiger partial charge on any atom is 0.229 e. The van der Waals surface area contributed by atoms with E-state index in [1.54, 1.807) is 0 Å². The highest BCUT2D eigenvalue weighted by Gasteiger charge is 2.62. The standard InChI is InChI=1S/C17H27NO/c1-16(2)3-5-18(6-4-16)15(19)17-10-12-7-13(11-17)9-14(17)8-12/h12-14H,3-11H2,1-2H3. The molecular formula is C17H27NO. The quantitative estimate of drug-likeness (QED) is 0.708. The molecule has 0 aromatic heterocycles. The van der Waals surface area contributed by atoms with E-state index >= 15 is 0 Å². The molecule has 0 radical (unpaired) electrons. The van der Waals surface area contributed by atoms with Gasteiger partial charge in [0.15, 0.2) is 0 Å². The second kappa shape index (κ2) is 3.77. The van der Waals surface area contributed by atoms with Gasteiger partial charge in [-0.3, -0.25) is 4.79 Å². The molecule has 2 unspecified atom stereocenters. The van der Waals surface area contributed by atoms with Gasteiger partial charge in [0.25, 0.3) is 0 Å². The maximum atomic E-state index is 13.1. The van der Waals surface area contributed by atoms with Crippen LogP contribution in [0.2, 0.25) is 0 Å². The van der Waals surface area contributed by atoms with Crippen molar-refractivity contribution in [1.29, 1.82) is 0 Å². The zero-order chi connectivity index (χ0) is 13.3. The zero-order valence-corrected chi connectivity index (χ0v) is 12.5. The van der Waals surface area contributed by atoms with Gasteiger partial charge in [-0.15, -0.1) is 0 Å². The van der Waals surface area contributed by atoms with E-state index in [9.17, 15) is 4.79 Å². The Morgan fingerprint density at radius 2 is 1.58 bits per heavy atom. The van der Waals surface area contributed by atoms with Crippen LogP contribution in [-0.4, -0.2) is 23.9 Å². The number of rotatable bonds is 1. The molecule has 2 heteroatoms. The first-order valence-electron chi connectivity index (χ1n) is 8.28. The van der Waals surface area contributed by atoms with Crippen molar-refractivity contribution < 1.29 is 4.79 Å². The molecule has 106 valence electrons. The molecule has 0 spiro atoms. The second-order valence-corrected chi connectivity index (χ2v) is 8.66. The van der Waals surface area contributed by atoms with E-state index in [0.717, 1.165) is 30.8 Å². The number of carbonyl (C=O) groups is 1. The number of amides is 1. The first kappa shape index (κ1) is 12.2. The highest BCUT2D eigenvalue weighted by molar-refractivity contribution is 5.84. The van der Waals surface area contributed by atoms with Crippen LogP contribution in [0.4, 0.5) is 0 Å². The first-order valence-corrected chi connectivity index (χ1v) is 8.28. The van der Waals surface area contributed by atoms with E-state index in [2.05, 4.69) is 18.7 Å². The molecule has 1 amide bonds. The molecular weight excluding hydrogens is 234 g/mol. The molecule has 5 rings (SSSR count). The molecule has 2 nitrogen and oxygen atoms in total. The zero-order valence-electron chi connectivity index (χ0n) is 12.5. The topological polar surface area (TPSA) is 20.3 Å². The summed E-state index contributed by atoms with van der Waals surface area (Å²) in [6.45, 7) is 6.71. The van der Waals surface area contributed by atoms with Crippen LogP contribution in [-0.2, 0) is 4.79 Å². The van der Waals surface area contributed by atoms with Gasteiger partial charge in [-0.25, -0.2) is 0 Å². The number of hydrogen-bond donors (Lipinski definition) is 0. The lowest BCUT2D eigenvalue weighted by Crippen LogP contribution is -2.49. The van der Waals surface area contributed by atoms with Gasteiger partial charge in [-0.1, -0.05) is 13.8 Å². The van der Waals surface area contributed by atoms with Crippen LogP contribution in [0.25, 0.3) is 0 Å². The smallest absolute Gasteiger partial charge is 0.229 e. The third-order valence-corrected chi connectivity index (χ3v) is 6.82. The summed E-state index contributed by atoms with van der Waals surface area (Å²) in [6.07, 6.45) is 8.99. The minimum absolute atomic E-state index is 0.106. The first-order chi connectivity index (χ1) is 8.98. The molecule has 1 aliphatic heterocycles.